The molecular weight excluding hydrogens is 179 g/mol. The second-order valence-corrected chi connectivity index (χ2v) is 3.72. The lowest BCUT2D eigenvalue weighted by Crippen LogP contribution is -2.36. The summed E-state index contributed by atoms with van der Waals surface area (Å²) in [5.41, 5.74) is 0.264. The molecular formula is C11H13FN2. The Morgan fingerprint density at radius 3 is 2.79 bits per heavy atom. The minimum Gasteiger partial charge on any atom is -0.296 e. The van der Waals surface area contributed by atoms with E-state index in [1.807, 2.05) is 6.07 Å². The molecule has 0 aliphatic rings. The van der Waals surface area contributed by atoms with Crippen LogP contribution < -0.4 is 5.32 Å². The molecule has 0 saturated carbocycles. The molecule has 1 rings (SSSR count). The van der Waals surface area contributed by atoms with Gasteiger partial charge >= 0.3 is 0 Å². The third-order valence-electron chi connectivity index (χ3n) is 1.90. The molecule has 0 aromatic heterocycles. The van der Waals surface area contributed by atoms with E-state index in [1.165, 1.54) is 12.1 Å². The molecule has 0 atom stereocenters. The molecule has 0 heterocycles. The summed E-state index contributed by atoms with van der Waals surface area (Å²) < 4.78 is 12.8. The van der Waals surface area contributed by atoms with Gasteiger partial charge in [0.2, 0.25) is 0 Å². The molecule has 0 aliphatic carbocycles. The summed E-state index contributed by atoms with van der Waals surface area (Å²) in [6, 6.07) is 8.46. The Balaban J connectivity index is 2.59. The van der Waals surface area contributed by atoms with Crippen molar-refractivity contribution in [3.63, 3.8) is 0 Å². The fourth-order valence-electron chi connectivity index (χ4n) is 1.01. The van der Waals surface area contributed by atoms with Gasteiger partial charge in [-0.3, -0.25) is 5.32 Å². The third-order valence-corrected chi connectivity index (χ3v) is 1.90. The number of benzene rings is 1. The molecule has 1 aromatic rings. The fraction of sp³-hybridized carbons (Fsp3) is 0.364. The molecule has 0 bridgehead atoms. The first-order valence-corrected chi connectivity index (χ1v) is 4.44. The highest BCUT2D eigenvalue weighted by atomic mass is 19.1. The van der Waals surface area contributed by atoms with Crippen LogP contribution in [0.5, 0.6) is 0 Å². The first-order chi connectivity index (χ1) is 6.53. The Bertz CT molecular complexity index is 353. The van der Waals surface area contributed by atoms with Crippen LogP contribution in [0.3, 0.4) is 0 Å². The molecule has 0 radical (unpaired) electrons. The van der Waals surface area contributed by atoms with Crippen molar-refractivity contribution in [3.8, 4) is 6.07 Å². The summed E-state index contributed by atoms with van der Waals surface area (Å²) in [4.78, 5) is 0. The molecule has 0 spiro atoms. The summed E-state index contributed by atoms with van der Waals surface area (Å²) in [6.07, 6.45) is 0. The second-order valence-electron chi connectivity index (χ2n) is 3.72. The molecule has 0 saturated heterocycles. The average Bonchev–Trinajstić information content (AvgIpc) is 2.15. The Morgan fingerprint density at radius 1 is 1.50 bits per heavy atom. The fourth-order valence-corrected chi connectivity index (χ4v) is 1.01. The minimum absolute atomic E-state index is 0.251. The van der Waals surface area contributed by atoms with Gasteiger partial charge in [0.15, 0.2) is 0 Å². The maximum absolute atomic E-state index is 12.8. The quantitative estimate of drug-likeness (QED) is 0.797. The highest BCUT2D eigenvalue weighted by molar-refractivity contribution is 5.17. The number of nitrogens with zero attached hydrogens (tertiary/aromatic N) is 1. The van der Waals surface area contributed by atoms with Crippen molar-refractivity contribution in [1.82, 2.24) is 5.32 Å². The molecule has 0 unspecified atom stereocenters. The van der Waals surface area contributed by atoms with Gasteiger partial charge in [0.1, 0.15) is 11.4 Å². The Hall–Kier alpha value is -1.40. The molecule has 0 fully saturated rings. The molecule has 3 heteroatoms. The van der Waals surface area contributed by atoms with Crippen LogP contribution in [0.25, 0.3) is 0 Å². The third kappa shape index (κ3) is 3.15. The number of hydrogen-bond donors (Lipinski definition) is 1. The van der Waals surface area contributed by atoms with Crippen molar-refractivity contribution in [1.29, 1.82) is 5.26 Å². The number of rotatable bonds is 3. The van der Waals surface area contributed by atoms with Crippen LogP contribution in [-0.4, -0.2) is 5.54 Å². The van der Waals surface area contributed by atoms with Gasteiger partial charge in [-0.15, -0.1) is 0 Å². The van der Waals surface area contributed by atoms with Crippen molar-refractivity contribution < 1.29 is 4.39 Å². The highest BCUT2D eigenvalue weighted by Crippen LogP contribution is 2.06. The van der Waals surface area contributed by atoms with Crippen LogP contribution in [-0.2, 0) is 6.54 Å². The summed E-state index contributed by atoms with van der Waals surface area (Å²) in [6.45, 7) is 4.07. The smallest absolute Gasteiger partial charge is 0.123 e. The molecule has 1 aromatic carbocycles. The maximum Gasteiger partial charge on any atom is 0.123 e. The van der Waals surface area contributed by atoms with E-state index in [-0.39, 0.29) is 5.82 Å². The van der Waals surface area contributed by atoms with Crippen molar-refractivity contribution in [3.05, 3.63) is 35.6 Å². The largest absolute Gasteiger partial charge is 0.296 e. The predicted octanol–water partition coefficient (Wildman–Crippen LogP) is 2.22. The Labute approximate surface area is 83.4 Å². The topological polar surface area (TPSA) is 35.8 Å². The Morgan fingerprint density at radius 2 is 2.21 bits per heavy atom. The highest BCUT2D eigenvalue weighted by Gasteiger charge is 2.14. The van der Waals surface area contributed by atoms with E-state index in [1.54, 1.807) is 19.9 Å². The number of nitrogens with one attached hydrogen (secondary N) is 1. The zero-order valence-corrected chi connectivity index (χ0v) is 8.34. The number of halogens is 1. The standard InChI is InChI=1S/C11H13FN2/c1-11(2,8-13)14-7-9-4-3-5-10(12)6-9/h3-6,14H,7H2,1-2H3. The minimum atomic E-state index is -0.577. The van der Waals surface area contributed by atoms with Crippen LogP contribution >= 0.6 is 0 Å². The molecule has 74 valence electrons. The van der Waals surface area contributed by atoms with E-state index < -0.39 is 5.54 Å². The van der Waals surface area contributed by atoms with Crippen LogP contribution in [0, 0.1) is 17.1 Å². The Kier molecular flexibility index (Phi) is 3.21. The van der Waals surface area contributed by atoms with Crippen molar-refractivity contribution in [2.45, 2.75) is 25.9 Å². The van der Waals surface area contributed by atoms with Crippen LogP contribution in [0.15, 0.2) is 24.3 Å². The first kappa shape index (κ1) is 10.7. The lowest BCUT2D eigenvalue weighted by Gasteiger charge is -2.17. The molecule has 1 N–H and O–H groups in total. The predicted molar refractivity (Wildman–Crippen MR) is 52.9 cm³/mol. The summed E-state index contributed by atoms with van der Waals surface area (Å²) in [5, 5.41) is 11.8. The van der Waals surface area contributed by atoms with Gasteiger partial charge in [0, 0.05) is 6.54 Å². The van der Waals surface area contributed by atoms with Crippen molar-refractivity contribution in [2.75, 3.05) is 0 Å². The summed E-state index contributed by atoms with van der Waals surface area (Å²) in [7, 11) is 0. The summed E-state index contributed by atoms with van der Waals surface area (Å²) in [5.74, 6) is -0.251. The maximum atomic E-state index is 12.8. The van der Waals surface area contributed by atoms with E-state index in [0.717, 1.165) is 5.56 Å². The zero-order valence-electron chi connectivity index (χ0n) is 8.34. The second kappa shape index (κ2) is 4.21. The molecule has 14 heavy (non-hydrogen) atoms. The zero-order chi connectivity index (χ0) is 10.6. The van der Waals surface area contributed by atoms with E-state index >= 15 is 0 Å². The average molecular weight is 192 g/mol. The summed E-state index contributed by atoms with van der Waals surface area (Å²) >= 11 is 0. The molecule has 0 aliphatic heterocycles. The van der Waals surface area contributed by atoms with Crippen LogP contribution in [0.1, 0.15) is 19.4 Å². The van der Waals surface area contributed by atoms with Gasteiger partial charge in [-0.05, 0) is 31.5 Å². The number of nitriles is 1. The monoisotopic (exact) mass is 192 g/mol. The van der Waals surface area contributed by atoms with Gasteiger partial charge < -0.3 is 0 Å². The number of hydrogen-bond acceptors (Lipinski definition) is 2. The first-order valence-electron chi connectivity index (χ1n) is 4.44. The normalized spacial score (nSPS) is 11.0. The van der Waals surface area contributed by atoms with Gasteiger partial charge in [0.25, 0.3) is 0 Å². The van der Waals surface area contributed by atoms with Gasteiger partial charge in [0.05, 0.1) is 6.07 Å². The van der Waals surface area contributed by atoms with Gasteiger partial charge in [-0.2, -0.15) is 5.26 Å². The lowest BCUT2D eigenvalue weighted by atomic mass is 10.1. The van der Waals surface area contributed by atoms with E-state index in [9.17, 15) is 4.39 Å². The van der Waals surface area contributed by atoms with Gasteiger partial charge in [-0.25, -0.2) is 4.39 Å². The van der Waals surface area contributed by atoms with Crippen LogP contribution in [0.4, 0.5) is 4.39 Å². The van der Waals surface area contributed by atoms with E-state index in [4.69, 9.17) is 5.26 Å². The lowest BCUT2D eigenvalue weighted by molar-refractivity contribution is 0.484. The van der Waals surface area contributed by atoms with E-state index in [2.05, 4.69) is 11.4 Å². The molecule has 2 nitrogen and oxygen atoms in total. The van der Waals surface area contributed by atoms with Crippen molar-refractivity contribution in [2.24, 2.45) is 0 Å². The van der Waals surface area contributed by atoms with Gasteiger partial charge in [-0.1, -0.05) is 12.1 Å². The van der Waals surface area contributed by atoms with Crippen LogP contribution in [0.2, 0.25) is 0 Å². The SMILES string of the molecule is CC(C)(C#N)NCc1cccc(F)c1. The molecule has 0 amide bonds. The van der Waals surface area contributed by atoms with Crippen molar-refractivity contribution >= 4 is 0 Å². The van der Waals surface area contributed by atoms with E-state index in [0.29, 0.717) is 6.54 Å².